The van der Waals surface area contributed by atoms with Crippen molar-refractivity contribution in [3.63, 3.8) is 0 Å². The molecule has 1 aliphatic rings. The molecule has 176 valence electrons. The predicted octanol–water partition coefficient (Wildman–Crippen LogP) is 3.92. The van der Waals surface area contributed by atoms with E-state index in [1.165, 1.54) is 22.5 Å². The van der Waals surface area contributed by atoms with Gasteiger partial charge in [-0.15, -0.1) is 35.3 Å². The van der Waals surface area contributed by atoms with E-state index >= 15 is 0 Å². The summed E-state index contributed by atoms with van der Waals surface area (Å²) in [7, 11) is 0. The van der Waals surface area contributed by atoms with Crippen LogP contribution in [0.3, 0.4) is 0 Å². The number of carbonyl (C=O) groups is 1. The molecule has 0 spiro atoms. The summed E-state index contributed by atoms with van der Waals surface area (Å²) in [6.45, 7) is 12.6. The number of aryl methyl sites for hydroxylation is 1. The second-order valence-corrected chi connectivity index (χ2v) is 8.64. The number of aromatic nitrogens is 1. The van der Waals surface area contributed by atoms with E-state index in [0.717, 1.165) is 50.1 Å². The fraction of sp³-hybridized carbons (Fsp3) is 0.522. The minimum Gasteiger partial charge on any atom is -0.462 e. The Morgan fingerprint density at radius 2 is 2.06 bits per heavy atom. The average Bonchev–Trinajstić information content (AvgIpc) is 3.16. The van der Waals surface area contributed by atoms with E-state index < -0.39 is 0 Å². The molecule has 1 unspecified atom stereocenters. The number of nitrogens with one attached hydrogen (secondary N) is 2. The molecule has 2 N–H and O–H groups in total. The molecule has 0 fully saturated rings. The Balaban J connectivity index is 0.00000363. The van der Waals surface area contributed by atoms with E-state index in [2.05, 4.69) is 51.7 Å². The number of esters is 1. The van der Waals surface area contributed by atoms with Crippen LogP contribution < -0.4 is 10.6 Å². The van der Waals surface area contributed by atoms with Gasteiger partial charge in [0.2, 0.25) is 0 Å². The summed E-state index contributed by atoms with van der Waals surface area (Å²) in [6.07, 6.45) is 1.10. The van der Waals surface area contributed by atoms with Crippen molar-refractivity contribution < 1.29 is 9.53 Å². The molecule has 2 aromatic rings. The third kappa shape index (κ3) is 7.14. The van der Waals surface area contributed by atoms with E-state index in [0.29, 0.717) is 17.2 Å². The van der Waals surface area contributed by atoms with Gasteiger partial charge in [0.05, 0.1) is 24.9 Å². The highest BCUT2D eigenvalue weighted by atomic mass is 127. The van der Waals surface area contributed by atoms with Gasteiger partial charge in [-0.2, -0.15) is 0 Å². The minimum atomic E-state index is -0.306. The third-order valence-corrected chi connectivity index (χ3v) is 6.56. The number of ether oxygens (including phenoxy) is 1. The Hall–Kier alpha value is -1.72. The lowest BCUT2D eigenvalue weighted by molar-refractivity contribution is 0.0531. The number of hydrogen-bond donors (Lipinski definition) is 2. The minimum absolute atomic E-state index is 0. The summed E-state index contributed by atoms with van der Waals surface area (Å²) in [5.74, 6) is 0.456. The van der Waals surface area contributed by atoms with Gasteiger partial charge in [-0.1, -0.05) is 24.3 Å². The number of carbonyl (C=O) groups excluding carboxylic acids is 1. The van der Waals surface area contributed by atoms with Gasteiger partial charge in [0.1, 0.15) is 9.88 Å². The molecule has 1 aromatic heterocycles. The second kappa shape index (κ2) is 13.1. The summed E-state index contributed by atoms with van der Waals surface area (Å²) < 4.78 is 5.12. The van der Waals surface area contributed by atoms with E-state index in [1.54, 1.807) is 6.92 Å². The number of benzene rings is 1. The Labute approximate surface area is 212 Å². The summed E-state index contributed by atoms with van der Waals surface area (Å²) in [5, 5.41) is 7.57. The van der Waals surface area contributed by atoms with Crippen molar-refractivity contribution in [2.24, 2.45) is 4.99 Å². The van der Waals surface area contributed by atoms with Crippen LogP contribution in [0.2, 0.25) is 0 Å². The molecule has 2 heterocycles. The highest BCUT2D eigenvalue weighted by Crippen LogP contribution is 2.24. The third-order valence-electron chi connectivity index (χ3n) is 5.24. The monoisotopic (exact) mass is 571 g/mol. The number of rotatable bonds is 8. The fourth-order valence-corrected chi connectivity index (χ4v) is 4.59. The van der Waals surface area contributed by atoms with Gasteiger partial charge in [0, 0.05) is 26.2 Å². The Bertz CT molecular complexity index is 918. The molecule has 0 amide bonds. The van der Waals surface area contributed by atoms with Crippen LogP contribution in [0.5, 0.6) is 0 Å². The SMILES string of the molecule is CCNC(=NCCN1CCc2ccccc2C1)NC(C)c1nc(C)c(C(=O)OCC)s1.I. The van der Waals surface area contributed by atoms with Crippen LogP contribution in [0.1, 0.15) is 58.3 Å². The number of thiazole rings is 1. The largest absolute Gasteiger partial charge is 0.462 e. The van der Waals surface area contributed by atoms with Crippen LogP contribution in [-0.2, 0) is 17.7 Å². The summed E-state index contributed by atoms with van der Waals surface area (Å²) >= 11 is 1.38. The maximum Gasteiger partial charge on any atom is 0.350 e. The Kier molecular flexibility index (Phi) is 10.9. The van der Waals surface area contributed by atoms with Gasteiger partial charge < -0.3 is 15.4 Å². The molecule has 0 saturated carbocycles. The molecule has 32 heavy (non-hydrogen) atoms. The second-order valence-electron chi connectivity index (χ2n) is 7.61. The van der Waals surface area contributed by atoms with Crippen molar-refractivity contribution in [1.82, 2.24) is 20.5 Å². The first-order valence-electron chi connectivity index (χ1n) is 11.0. The number of hydrogen-bond acceptors (Lipinski definition) is 6. The van der Waals surface area contributed by atoms with Gasteiger partial charge >= 0.3 is 5.97 Å². The Morgan fingerprint density at radius 1 is 1.31 bits per heavy atom. The molecular weight excluding hydrogens is 537 g/mol. The fourth-order valence-electron chi connectivity index (χ4n) is 3.62. The molecule has 9 heteroatoms. The maximum atomic E-state index is 12.1. The molecule has 1 aromatic carbocycles. The van der Waals surface area contributed by atoms with Crippen LogP contribution in [0.4, 0.5) is 0 Å². The summed E-state index contributed by atoms with van der Waals surface area (Å²) in [5.41, 5.74) is 3.60. The van der Waals surface area contributed by atoms with Gasteiger partial charge in [0.25, 0.3) is 0 Å². The molecule has 0 saturated heterocycles. The molecule has 1 atom stereocenters. The molecular formula is C23H34IN5O2S. The molecule has 3 rings (SSSR count). The first-order chi connectivity index (χ1) is 15.0. The van der Waals surface area contributed by atoms with Crippen molar-refractivity contribution in [2.75, 3.05) is 32.8 Å². The number of aliphatic imine (C=N–C) groups is 1. The first kappa shape index (κ1) is 26.5. The number of nitrogens with zero attached hydrogens (tertiary/aromatic N) is 3. The van der Waals surface area contributed by atoms with Crippen LogP contribution in [-0.4, -0.2) is 54.6 Å². The standard InChI is InChI=1S/C23H33N5O2S.HI/c1-5-24-23(25-12-14-28-13-11-18-9-7-8-10-19(18)15-28)27-17(4)21-26-16(3)20(31-21)22(29)30-6-2;/h7-10,17H,5-6,11-15H2,1-4H3,(H2,24,25,27);1H. The summed E-state index contributed by atoms with van der Waals surface area (Å²) in [6, 6.07) is 8.62. The van der Waals surface area contributed by atoms with Crippen LogP contribution in [0.15, 0.2) is 29.3 Å². The first-order valence-corrected chi connectivity index (χ1v) is 11.8. The normalized spacial score (nSPS) is 14.8. The molecule has 0 bridgehead atoms. The number of guanidine groups is 1. The topological polar surface area (TPSA) is 78.9 Å². The van der Waals surface area contributed by atoms with Gasteiger partial charge in [-0.3, -0.25) is 9.89 Å². The van der Waals surface area contributed by atoms with Crippen molar-refractivity contribution in [2.45, 2.75) is 46.7 Å². The number of halogens is 1. The van der Waals surface area contributed by atoms with Crippen LogP contribution >= 0.6 is 35.3 Å². The zero-order valence-corrected chi connectivity index (χ0v) is 22.5. The molecule has 1 aliphatic heterocycles. The van der Waals surface area contributed by atoms with Crippen molar-refractivity contribution >= 4 is 47.2 Å². The molecule has 0 radical (unpaired) electrons. The van der Waals surface area contributed by atoms with Crippen LogP contribution in [0.25, 0.3) is 0 Å². The summed E-state index contributed by atoms with van der Waals surface area (Å²) in [4.78, 5) is 24.4. The number of fused-ring (bicyclic) bond motifs is 1. The van der Waals surface area contributed by atoms with Crippen molar-refractivity contribution in [3.05, 3.63) is 51.0 Å². The van der Waals surface area contributed by atoms with E-state index in [-0.39, 0.29) is 36.0 Å². The smallest absolute Gasteiger partial charge is 0.350 e. The van der Waals surface area contributed by atoms with Crippen molar-refractivity contribution in [3.8, 4) is 0 Å². The van der Waals surface area contributed by atoms with Crippen molar-refractivity contribution in [1.29, 1.82) is 0 Å². The van der Waals surface area contributed by atoms with E-state index in [4.69, 9.17) is 9.73 Å². The Morgan fingerprint density at radius 3 is 2.78 bits per heavy atom. The zero-order valence-electron chi connectivity index (χ0n) is 19.3. The quantitative estimate of drug-likeness (QED) is 0.217. The van der Waals surface area contributed by atoms with Gasteiger partial charge in [-0.25, -0.2) is 9.78 Å². The zero-order chi connectivity index (χ0) is 22.2. The lowest BCUT2D eigenvalue weighted by atomic mass is 10.0. The lowest BCUT2D eigenvalue weighted by Crippen LogP contribution is -2.39. The van der Waals surface area contributed by atoms with E-state index in [9.17, 15) is 4.79 Å². The van der Waals surface area contributed by atoms with Gasteiger partial charge in [-0.05, 0) is 45.2 Å². The molecule has 7 nitrogen and oxygen atoms in total. The average molecular weight is 572 g/mol. The van der Waals surface area contributed by atoms with Gasteiger partial charge in [0.15, 0.2) is 5.96 Å². The van der Waals surface area contributed by atoms with Crippen LogP contribution in [0, 0.1) is 6.92 Å². The maximum absolute atomic E-state index is 12.1. The van der Waals surface area contributed by atoms with E-state index in [1.807, 2.05) is 13.8 Å². The molecule has 0 aliphatic carbocycles. The highest BCUT2D eigenvalue weighted by Gasteiger charge is 2.20. The predicted molar refractivity (Wildman–Crippen MR) is 141 cm³/mol. The lowest BCUT2D eigenvalue weighted by Gasteiger charge is -2.28. The highest BCUT2D eigenvalue weighted by molar-refractivity contribution is 14.0.